The predicted molar refractivity (Wildman–Crippen MR) is 81.5 cm³/mol. The van der Waals surface area contributed by atoms with E-state index in [-0.39, 0.29) is 5.97 Å². The van der Waals surface area contributed by atoms with Crippen LogP contribution in [0.15, 0.2) is 22.7 Å². The van der Waals surface area contributed by atoms with Gasteiger partial charge in [0.25, 0.3) is 0 Å². The quantitative estimate of drug-likeness (QED) is 0.779. The van der Waals surface area contributed by atoms with Crippen LogP contribution in [0.1, 0.15) is 32.2 Å². The Hall–Kier alpha value is -0.940. The largest absolute Gasteiger partial charge is 0.460 e. The maximum atomic E-state index is 11.6. The van der Waals surface area contributed by atoms with Crippen LogP contribution >= 0.6 is 27.3 Å². The average Bonchev–Trinajstić information content (AvgIpc) is 2.66. The highest BCUT2D eigenvalue weighted by molar-refractivity contribution is 9.10. The standard InChI is InChI=1S/C14H16BrNO2S/c1-14(2,3)18-13(17)7-6-12-16-10-8-9(15)4-5-11(10)19-12/h4-5,8H,6-7H2,1-3H3. The van der Waals surface area contributed by atoms with Gasteiger partial charge >= 0.3 is 5.97 Å². The number of fused-ring (bicyclic) bond motifs is 1. The third-order valence-corrected chi connectivity index (χ3v) is 3.95. The SMILES string of the molecule is CC(C)(C)OC(=O)CCc1nc2cc(Br)ccc2s1. The molecule has 0 unspecified atom stereocenters. The lowest BCUT2D eigenvalue weighted by atomic mass is 10.2. The van der Waals surface area contributed by atoms with Crippen molar-refractivity contribution in [1.82, 2.24) is 4.98 Å². The van der Waals surface area contributed by atoms with Gasteiger partial charge in [0.2, 0.25) is 0 Å². The van der Waals surface area contributed by atoms with E-state index in [1.165, 1.54) is 0 Å². The van der Waals surface area contributed by atoms with E-state index in [1.807, 2.05) is 39.0 Å². The van der Waals surface area contributed by atoms with Gasteiger partial charge in [-0.3, -0.25) is 4.79 Å². The summed E-state index contributed by atoms with van der Waals surface area (Å²) in [6.07, 6.45) is 1.00. The molecule has 0 aliphatic rings. The van der Waals surface area contributed by atoms with Crippen molar-refractivity contribution in [3.8, 4) is 0 Å². The smallest absolute Gasteiger partial charge is 0.306 e. The molecule has 1 heterocycles. The zero-order chi connectivity index (χ0) is 14.0. The molecule has 2 aromatic rings. The Bertz CT molecular complexity index is 601. The Kier molecular flexibility index (Phi) is 4.26. The third kappa shape index (κ3) is 4.28. The molecule has 0 saturated heterocycles. The molecule has 0 amide bonds. The van der Waals surface area contributed by atoms with Gasteiger partial charge in [0.05, 0.1) is 21.6 Å². The minimum Gasteiger partial charge on any atom is -0.460 e. The summed E-state index contributed by atoms with van der Waals surface area (Å²) < 4.78 is 7.44. The lowest BCUT2D eigenvalue weighted by Crippen LogP contribution is -2.23. The van der Waals surface area contributed by atoms with Gasteiger partial charge in [-0.2, -0.15) is 0 Å². The van der Waals surface area contributed by atoms with Crippen molar-refractivity contribution < 1.29 is 9.53 Å². The summed E-state index contributed by atoms with van der Waals surface area (Å²) in [7, 11) is 0. The van der Waals surface area contributed by atoms with Crippen molar-refractivity contribution in [2.75, 3.05) is 0 Å². The number of esters is 1. The number of thiazole rings is 1. The minimum absolute atomic E-state index is 0.173. The van der Waals surface area contributed by atoms with Crippen molar-refractivity contribution in [3.63, 3.8) is 0 Å². The summed E-state index contributed by atoms with van der Waals surface area (Å²) in [6.45, 7) is 5.63. The van der Waals surface area contributed by atoms with Gasteiger partial charge in [-0.05, 0) is 39.0 Å². The highest BCUT2D eigenvalue weighted by Crippen LogP contribution is 2.26. The number of aromatic nitrogens is 1. The fourth-order valence-corrected chi connectivity index (χ4v) is 2.95. The first kappa shape index (κ1) is 14.5. The second kappa shape index (κ2) is 5.59. The Morgan fingerprint density at radius 3 is 2.84 bits per heavy atom. The molecule has 0 atom stereocenters. The lowest BCUT2D eigenvalue weighted by Gasteiger charge is -2.19. The van der Waals surface area contributed by atoms with Crippen LogP contribution in [0.3, 0.4) is 0 Å². The fourth-order valence-electron chi connectivity index (χ4n) is 1.66. The second-order valence-electron chi connectivity index (χ2n) is 5.31. The molecule has 0 spiro atoms. The van der Waals surface area contributed by atoms with Gasteiger partial charge in [0, 0.05) is 10.9 Å². The van der Waals surface area contributed by atoms with Crippen LogP contribution in [0.4, 0.5) is 0 Å². The van der Waals surface area contributed by atoms with Gasteiger partial charge in [0.15, 0.2) is 0 Å². The number of benzene rings is 1. The molecule has 0 bridgehead atoms. The van der Waals surface area contributed by atoms with Crippen LogP contribution in [0, 0.1) is 0 Å². The average molecular weight is 342 g/mol. The highest BCUT2D eigenvalue weighted by Gasteiger charge is 2.16. The van der Waals surface area contributed by atoms with Crippen molar-refractivity contribution in [2.24, 2.45) is 0 Å². The number of ether oxygens (including phenoxy) is 1. The predicted octanol–water partition coefficient (Wildman–Crippen LogP) is 4.33. The Morgan fingerprint density at radius 2 is 2.16 bits per heavy atom. The van der Waals surface area contributed by atoms with Gasteiger partial charge in [-0.15, -0.1) is 11.3 Å². The van der Waals surface area contributed by atoms with Crippen LogP contribution in [0.2, 0.25) is 0 Å². The summed E-state index contributed by atoms with van der Waals surface area (Å²) >= 11 is 5.05. The molecule has 0 fully saturated rings. The maximum Gasteiger partial charge on any atom is 0.306 e. The molecule has 2 rings (SSSR count). The van der Waals surface area contributed by atoms with Crippen LogP contribution < -0.4 is 0 Å². The topological polar surface area (TPSA) is 39.2 Å². The molecule has 19 heavy (non-hydrogen) atoms. The van der Waals surface area contributed by atoms with E-state index in [0.717, 1.165) is 19.7 Å². The van der Waals surface area contributed by atoms with Gasteiger partial charge in [0.1, 0.15) is 5.60 Å². The molecule has 0 N–H and O–H groups in total. The van der Waals surface area contributed by atoms with E-state index in [2.05, 4.69) is 20.9 Å². The van der Waals surface area contributed by atoms with Crippen LogP contribution in [0.5, 0.6) is 0 Å². The first-order chi connectivity index (χ1) is 8.83. The summed E-state index contributed by atoms with van der Waals surface area (Å²) in [5.74, 6) is -0.173. The molecule has 1 aromatic heterocycles. The van der Waals surface area contributed by atoms with E-state index in [0.29, 0.717) is 12.8 Å². The van der Waals surface area contributed by atoms with Gasteiger partial charge in [-0.25, -0.2) is 4.98 Å². The van der Waals surface area contributed by atoms with Crippen LogP contribution in [-0.4, -0.2) is 16.6 Å². The molecule has 3 nitrogen and oxygen atoms in total. The Labute approximate surface area is 125 Å². The number of hydrogen-bond acceptors (Lipinski definition) is 4. The van der Waals surface area contributed by atoms with Gasteiger partial charge in [-0.1, -0.05) is 15.9 Å². The number of aryl methyl sites for hydroxylation is 1. The monoisotopic (exact) mass is 341 g/mol. The first-order valence-corrected chi connectivity index (χ1v) is 7.71. The highest BCUT2D eigenvalue weighted by atomic mass is 79.9. The number of carbonyl (C=O) groups excluding carboxylic acids is 1. The number of nitrogens with zero attached hydrogens (tertiary/aromatic N) is 1. The molecule has 0 aliphatic heterocycles. The second-order valence-corrected chi connectivity index (χ2v) is 7.34. The van der Waals surface area contributed by atoms with Crippen LogP contribution in [-0.2, 0) is 16.0 Å². The Morgan fingerprint density at radius 1 is 1.42 bits per heavy atom. The van der Waals surface area contributed by atoms with E-state index >= 15 is 0 Å². The molecule has 1 aromatic carbocycles. The summed E-state index contributed by atoms with van der Waals surface area (Å²) in [5.41, 5.74) is 0.550. The molecule has 102 valence electrons. The van der Waals surface area contributed by atoms with Crippen molar-refractivity contribution >= 4 is 43.5 Å². The molecule has 5 heteroatoms. The van der Waals surface area contributed by atoms with Crippen molar-refractivity contribution in [3.05, 3.63) is 27.7 Å². The molecule has 0 radical (unpaired) electrons. The van der Waals surface area contributed by atoms with Gasteiger partial charge < -0.3 is 4.74 Å². The fraction of sp³-hybridized carbons (Fsp3) is 0.429. The summed E-state index contributed by atoms with van der Waals surface area (Å²) in [4.78, 5) is 16.2. The number of hydrogen-bond donors (Lipinski definition) is 0. The summed E-state index contributed by atoms with van der Waals surface area (Å²) in [6, 6.07) is 6.02. The Balaban J connectivity index is 2.00. The number of halogens is 1. The van der Waals surface area contributed by atoms with E-state index in [4.69, 9.17) is 4.74 Å². The summed E-state index contributed by atoms with van der Waals surface area (Å²) in [5, 5.41) is 0.971. The maximum absolute atomic E-state index is 11.6. The molecule has 0 aliphatic carbocycles. The molecular formula is C14H16BrNO2S. The van der Waals surface area contributed by atoms with Crippen molar-refractivity contribution in [2.45, 2.75) is 39.2 Å². The first-order valence-electron chi connectivity index (χ1n) is 6.10. The van der Waals surface area contributed by atoms with Crippen LogP contribution in [0.25, 0.3) is 10.2 Å². The van der Waals surface area contributed by atoms with E-state index in [9.17, 15) is 4.79 Å². The zero-order valence-electron chi connectivity index (χ0n) is 11.2. The molecular weight excluding hydrogens is 326 g/mol. The molecule has 0 saturated carbocycles. The third-order valence-electron chi connectivity index (χ3n) is 2.36. The lowest BCUT2D eigenvalue weighted by molar-refractivity contribution is -0.154. The zero-order valence-corrected chi connectivity index (χ0v) is 13.6. The van der Waals surface area contributed by atoms with E-state index in [1.54, 1.807) is 11.3 Å². The van der Waals surface area contributed by atoms with E-state index < -0.39 is 5.60 Å². The van der Waals surface area contributed by atoms with Crippen molar-refractivity contribution in [1.29, 1.82) is 0 Å². The number of rotatable bonds is 3. The number of carbonyl (C=O) groups is 1. The normalized spacial score (nSPS) is 11.8. The minimum atomic E-state index is -0.421.